The highest BCUT2D eigenvalue weighted by Crippen LogP contribution is 2.38. The van der Waals surface area contributed by atoms with Crippen molar-refractivity contribution in [2.45, 2.75) is 72.6 Å². The maximum atomic E-state index is 13.1. The van der Waals surface area contributed by atoms with E-state index in [2.05, 4.69) is 62.2 Å². The van der Waals surface area contributed by atoms with Crippen molar-refractivity contribution < 1.29 is 9.32 Å². The van der Waals surface area contributed by atoms with Crippen LogP contribution >= 0.6 is 0 Å². The number of aromatic nitrogens is 1. The standard InChI is InChI=1S/C25H35N3O2/c1-7-26-18(6)22-23(27-25(29)19-11-9-8-10-12-19)24(30-28-22)21-14-20(15(2)3)16(4)13-17(21)5/h13-15,19,26H,6-12H2,1-5H3,(H,27,29). The van der Waals surface area contributed by atoms with Gasteiger partial charge in [-0.2, -0.15) is 0 Å². The normalized spacial score (nSPS) is 14.7. The summed E-state index contributed by atoms with van der Waals surface area (Å²) in [5.41, 5.74) is 6.44. The summed E-state index contributed by atoms with van der Waals surface area (Å²) in [6.45, 7) is 15.4. The summed E-state index contributed by atoms with van der Waals surface area (Å²) in [4.78, 5) is 13.1. The van der Waals surface area contributed by atoms with Gasteiger partial charge in [0, 0.05) is 18.0 Å². The van der Waals surface area contributed by atoms with Crippen LogP contribution in [0.3, 0.4) is 0 Å². The first-order chi connectivity index (χ1) is 14.3. The summed E-state index contributed by atoms with van der Waals surface area (Å²) >= 11 is 0. The van der Waals surface area contributed by atoms with Gasteiger partial charge in [0.2, 0.25) is 5.91 Å². The van der Waals surface area contributed by atoms with Gasteiger partial charge in [0.1, 0.15) is 5.69 Å². The molecule has 1 aliphatic rings. The molecule has 1 saturated carbocycles. The van der Waals surface area contributed by atoms with Gasteiger partial charge in [0.05, 0.1) is 5.70 Å². The predicted molar refractivity (Wildman–Crippen MR) is 123 cm³/mol. The Morgan fingerprint density at radius 3 is 2.53 bits per heavy atom. The molecule has 0 unspecified atom stereocenters. The van der Waals surface area contributed by atoms with Gasteiger partial charge >= 0.3 is 0 Å². The SMILES string of the molecule is C=C(NCC)c1noc(-c2cc(C(C)C)c(C)cc2C)c1NC(=O)C1CCCCC1. The summed E-state index contributed by atoms with van der Waals surface area (Å²) in [6, 6.07) is 4.35. The average Bonchev–Trinajstić information content (AvgIpc) is 3.12. The minimum atomic E-state index is 0.0482. The second kappa shape index (κ2) is 9.50. The number of carbonyl (C=O) groups is 1. The first kappa shape index (κ1) is 22.1. The zero-order valence-electron chi connectivity index (χ0n) is 19.0. The molecule has 5 nitrogen and oxygen atoms in total. The van der Waals surface area contributed by atoms with E-state index in [1.54, 1.807) is 0 Å². The largest absolute Gasteiger partial charge is 0.384 e. The van der Waals surface area contributed by atoms with Crippen molar-refractivity contribution in [1.82, 2.24) is 10.5 Å². The molecule has 1 amide bonds. The van der Waals surface area contributed by atoms with Crippen LogP contribution in [0, 0.1) is 19.8 Å². The van der Waals surface area contributed by atoms with E-state index in [1.807, 2.05) is 6.92 Å². The van der Waals surface area contributed by atoms with Crippen LogP contribution in [-0.4, -0.2) is 17.6 Å². The molecule has 3 rings (SSSR count). The van der Waals surface area contributed by atoms with Crippen LogP contribution in [0.5, 0.6) is 0 Å². The summed E-state index contributed by atoms with van der Waals surface area (Å²) in [7, 11) is 0. The fourth-order valence-corrected chi connectivity index (χ4v) is 4.42. The van der Waals surface area contributed by atoms with Crippen molar-refractivity contribution >= 4 is 17.3 Å². The Hall–Kier alpha value is -2.56. The molecule has 0 saturated heterocycles. The number of rotatable bonds is 7. The lowest BCUT2D eigenvalue weighted by atomic mass is 9.88. The van der Waals surface area contributed by atoms with Gasteiger partial charge in [-0.15, -0.1) is 0 Å². The van der Waals surface area contributed by atoms with Gasteiger partial charge in [-0.25, -0.2) is 0 Å². The molecule has 2 N–H and O–H groups in total. The van der Waals surface area contributed by atoms with Crippen LogP contribution in [0.2, 0.25) is 0 Å². The van der Waals surface area contributed by atoms with Crippen LogP contribution in [0.25, 0.3) is 17.0 Å². The van der Waals surface area contributed by atoms with Gasteiger partial charge in [-0.05, 0) is 62.3 Å². The van der Waals surface area contributed by atoms with Crippen molar-refractivity contribution in [3.05, 3.63) is 41.1 Å². The Labute approximate surface area is 180 Å². The van der Waals surface area contributed by atoms with E-state index in [4.69, 9.17) is 4.52 Å². The molecule has 0 radical (unpaired) electrons. The van der Waals surface area contributed by atoms with Crippen molar-refractivity contribution in [2.75, 3.05) is 11.9 Å². The highest BCUT2D eigenvalue weighted by molar-refractivity contribution is 5.99. The predicted octanol–water partition coefficient (Wildman–Crippen LogP) is 6.18. The molecule has 5 heteroatoms. The number of anilines is 1. The van der Waals surface area contributed by atoms with Crippen LogP contribution in [0.1, 0.15) is 81.2 Å². The van der Waals surface area contributed by atoms with Crippen LogP contribution < -0.4 is 10.6 Å². The number of amides is 1. The first-order valence-electron chi connectivity index (χ1n) is 11.2. The Kier molecular flexibility index (Phi) is 7.01. The molecule has 1 heterocycles. The lowest BCUT2D eigenvalue weighted by Gasteiger charge is -2.21. The Bertz CT molecular complexity index is 921. The molecule has 1 aromatic heterocycles. The third kappa shape index (κ3) is 4.61. The minimum absolute atomic E-state index is 0.0482. The van der Waals surface area contributed by atoms with E-state index in [9.17, 15) is 4.79 Å². The lowest BCUT2D eigenvalue weighted by Crippen LogP contribution is -2.25. The first-order valence-corrected chi connectivity index (χ1v) is 11.2. The van der Waals surface area contributed by atoms with Gasteiger partial charge in [0.15, 0.2) is 11.5 Å². The maximum absolute atomic E-state index is 13.1. The average molecular weight is 410 g/mol. The second-order valence-corrected chi connectivity index (χ2v) is 8.75. The number of carbonyl (C=O) groups excluding carboxylic acids is 1. The molecule has 0 atom stereocenters. The van der Waals surface area contributed by atoms with E-state index >= 15 is 0 Å². The lowest BCUT2D eigenvalue weighted by molar-refractivity contribution is -0.120. The van der Waals surface area contributed by atoms with Crippen molar-refractivity contribution in [3.63, 3.8) is 0 Å². The molecule has 0 spiro atoms. The molecular formula is C25H35N3O2. The Balaban J connectivity index is 2.05. The summed E-state index contributed by atoms with van der Waals surface area (Å²) in [6.07, 6.45) is 5.32. The van der Waals surface area contributed by atoms with Gasteiger partial charge in [0.25, 0.3) is 0 Å². The van der Waals surface area contributed by atoms with E-state index in [0.29, 0.717) is 28.8 Å². The molecule has 2 aromatic rings. The molecule has 1 aromatic carbocycles. The van der Waals surface area contributed by atoms with Crippen LogP contribution in [0.15, 0.2) is 23.2 Å². The number of nitrogens with zero attached hydrogens (tertiary/aromatic N) is 1. The highest BCUT2D eigenvalue weighted by Gasteiger charge is 2.27. The smallest absolute Gasteiger partial charge is 0.227 e. The monoisotopic (exact) mass is 409 g/mol. The summed E-state index contributed by atoms with van der Waals surface area (Å²) in [5, 5.41) is 10.7. The Morgan fingerprint density at radius 1 is 1.20 bits per heavy atom. The summed E-state index contributed by atoms with van der Waals surface area (Å²) < 4.78 is 5.83. The number of nitrogens with one attached hydrogen (secondary N) is 2. The van der Waals surface area contributed by atoms with E-state index in [0.717, 1.165) is 43.4 Å². The fraction of sp³-hybridized carbons (Fsp3) is 0.520. The molecule has 0 aliphatic heterocycles. The Morgan fingerprint density at radius 2 is 1.90 bits per heavy atom. The molecule has 162 valence electrons. The molecule has 1 fully saturated rings. The topological polar surface area (TPSA) is 67.2 Å². The van der Waals surface area contributed by atoms with Crippen LogP contribution in [0.4, 0.5) is 5.69 Å². The number of aryl methyl sites for hydroxylation is 2. The second-order valence-electron chi connectivity index (χ2n) is 8.75. The third-order valence-electron chi connectivity index (χ3n) is 6.07. The van der Waals surface area contributed by atoms with Crippen molar-refractivity contribution in [2.24, 2.45) is 5.92 Å². The number of benzene rings is 1. The zero-order chi connectivity index (χ0) is 21.8. The molecule has 0 bridgehead atoms. The molecule has 30 heavy (non-hydrogen) atoms. The van der Waals surface area contributed by atoms with Crippen molar-refractivity contribution in [1.29, 1.82) is 0 Å². The zero-order valence-corrected chi connectivity index (χ0v) is 19.0. The van der Waals surface area contributed by atoms with Crippen LogP contribution in [-0.2, 0) is 4.79 Å². The quantitative estimate of drug-likeness (QED) is 0.573. The number of hydrogen-bond acceptors (Lipinski definition) is 4. The van der Waals surface area contributed by atoms with Gasteiger partial charge < -0.3 is 15.2 Å². The number of hydrogen-bond donors (Lipinski definition) is 2. The maximum Gasteiger partial charge on any atom is 0.227 e. The van der Waals surface area contributed by atoms with Gasteiger partial charge in [-0.1, -0.05) is 50.9 Å². The van der Waals surface area contributed by atoms with E-state index in [-0.39, 0.29) is 11.8 Å². The minimum Gasteiger partial charge on any atom is -0.384 e. The third-order valence-corrected chi connectivity index (χ3v) is 6.07. The fourth-order valence-electron chi connectivity index (χ4n) is 4.42. The van der Waals surface area contributed by atoms with Gasteiger partial charge in [-0.3, -0.25) is 4.79 Å². The van der Waals surface area contributed by atoms with E-state index < -0.39 is 0 Å². The van der Waals surface area contributed by atoms with E-state index in [1.165, 1.54) is 17.5 Å². The molecule has 1 aliphatic carbocycles. The summed E-state index contributed by atoms with van der Waals surface area (Å²) in [5.74, 6) is 1.10. The molecular weight excluding hydrogens is 374 g/mol. The van der Waals surface area contributed by atoms with Crippen molar-refractivity contribution in [3.8, 4) is 11.3 Å². The highest BCUT2D eigenvalue weighted by atomic mass is 16.5.